The SMILES string of the molecule is CO[C@@H]1CN(C(=O)c2ccc3c(c2)CCC(=O)N3C)C[C@H]1c1cn[nH]n1. The molecule has 2 amide bonds. The Morgan fingerprint density at radius 3 is 2.88 bits per heavy atom. The number of benzene rings is 1. The van der Waals surface area contributed by atoms with E-state index in [1.807, 2.05) is 12.1 Å². The number of nitrogens with zero attached hydrogens (tertiary/aromatic N) is 4. The number of amides is 2. The first-order valence-electron chi connectivity index (χ1n) is 8.65. The number of H-pyrrole nitrogens is 1. The van der Waals surface area contributed by atoms with Gasteiger partial charge in [-0.05, 0) is 30.2 Å². The van der Waals surface area contributed by atoms with Crippen molar-refractivity contribution in [2.24, 2.45) is 0 Å². The normalized spacial score (nSPS) is 22.6. The second-order valence-electron chi connectivity index (χ2n) is 6.78. The molecule has 26 heavy (non-hydrogen) atoms. The molecule has 1 saturated heterocycles. The lowest BCUT2D eigenvalue weighted by Crippen LogP contribution is -2.32. The van der Waals surface area contributed by atoms with Gasteiger partial charge in [0.05, 0.1) is 23.9 Å². The van der Waals surface area contributed by atoms with Crippen molar-refractivity contribution in [1.82, 2.24) is 20.3 Å². The number of aryl methyl sites for hydroxylation is 1. The zero-order valence-corrected chi connectivity index (χ0v) is 14.8. The minimum Gasteiger partial charge on any atom is -0.379 e. The molecule has 0 bridgehead atoms. The zero-order valence-electron chi connectivity index (χ0n) is 14.8. The summed E-state index contributed by atoms with van der Waals surface area (Å²) in [7, 11) is 3.42. The van der Waals surface area contributed by atoms with E-state index >= 15 is 0 Å². The summed E-state index contributed by atoms with van der Waals surface area (Å²) >= 11 is 0. The van der Waals surface area contributed by atoms with Crippen molar-refractivity contribution in [2.45, 2.75) is 24.9 Å². The van der Waals surface area contributed by atoms with E-state index in [4.69, 9.17) is 4.74 Å². The maximum absolute atomic E-state index is 13.0. The molecule has 2 aromatic rings. The van der Waals surface area contributed by atoms with Crippen LogP contribution >= 0.6 is 0 Å². The molecule has 4 rings (SSSR count). The van der Waals surface area contributed by atoms with Crippen molar-refractivity contribution in [3.8, 4) is 0 Å². The van der Waals surface area contributed by atoms with Gasteiger partial charge in [-0.25, -0.2) is 0 Å². The molecular formula is C18H21N5O3. The van der Waals surface area contributed by atoms with Gasteiger partial charge in [-0.3, -0.25) is 9.59 Å². The molecule has 2 aliphatic rings. The van der Waals surface area contributed by atoms with Crippen LogP contribution in [0.15, 0.2) is 24.4 Å². The van der Waals surface area contributed by atoms with Crippen molar-refractivity contribution < 1.29 is 14.3 Å². The van der Waals surface area contributed by atoms with Gasteiger partial charge in [-0.15, -0.1) is 0 Å². The number of ether oxygens (including phenoxy) is 1. The number of hydrogen-bond acceptors (Lipinski definition) is 5. The number of aromatic amines is 1. The molecule has 0 saturated carbocycles. The summed E-state index contributed by atoms with van der Waals surface area (Å²) < 4.78 is 5.56. The molecule has 8 heteroatoms. The molecule has 3 heterocycles. The van der Waals surface area contributed by atoms with Crippen LogP contribution in [0.2, 0.25) is 0 Å². The Labute approximate surface area is 151 Å². The molecule has 0 radical (unpaired) electrons. The van der Waals surface area contributed by atoms with E-state index in [-0.39, 0.29) is 23.8 Å². The Balaban J connectivity index is 1.56. The molecule has 2 aliphatic heterocycles. The highest BCUT2D eigenvalue weighted by Crippen LogP contribution is 2.31. The molecule has 2 atom stereocenters. The molecule has 0 unspecified atom stereocenters. The Bertz CT molecular complexity index is 835. The van der Waals surface area contributed by atoms with E-state index in [1.165, 1.54) is 0 Å². The molecule has 136 valence electrons. The lowest BCUT2D eigenvalue weighted by atomic mass is 9.98. The third kappa shape index (κ3) is 2.76. The average Bonchev–Trinajstić information content (AvgIpc) is 3.33. The number of carbonyl (C=O) groups is 2. The van der Waals surface area contributed by atoms with Crippen molar-refractivity contribution in [2.75, 3.05) is 32.1 Å². The zero-order chi connectivity index (χ0) is 18.3. The predicted octanol–water partition coefficient (Wildman–Crippen LogP) is 0.968. The van der Waals surface area contributed by atoms with E-state index < -0.39 is 0 Å². The van der Waals surface area contributed by atoms with E-state index in [0.29, 0.717) is 31.5 Å². The second kappa shape index (κ2) is 6.53. The molecule has 1 N–H and O–H groups in total. The van der Waals surface area contributed by atoms with Gasteiger partial charge in [0.15, 0.2) is 0 Å². The van der Waals surface area contributed by atoms with Crippen molar-refractivity contribution in [3.05, 3.63) is 41.2 Å². The highest BCUT2D eigenvalue weighted by molar-refractivity contribution is 5.99. The van der Waals surface area contributed by atoms with Crippen LogP contribution in [0.1, 0.15) is 34.0 Å². The Kier molecular flexibility index (Phi) is 4.20. The minimum absolute atomic E-state index is 0.00378. The Hall–Kier alpha value is -2.74. The first-order valence-corrected chi connectivity index (χ1v) is 8.65. The monoisotopic (exact) mass is 355 g/mol. The summed E-state index contributed by atoms with van der Waals surface area (Å²) in [6.07, 6.45) is 2.72. The van der Waals surface area contributed by atoms with Gasteiger partial charge >= 0.3 is 0 Å². The van der Waals surface area contributed by atoms with Gasteiger partial charge in [0, 0.05) is 44.9 Å². The minimum atomic E-state index is -0.106. The highest BCUT2D eigenvalue weighted by atomic mass is 16.5. The summed E-state index contributed by atoms with van der Waals surface area (Å²) in [5.74, 6) is 0.0824. The van der Waals surface area contributed by atoms with Gasteiger partial charge in [-0.1, -0.05) is 0 Å². The number of hydrogen-bond donors (Lipinski definition) is 1. The second-order valence-corrected chi connectivity index (χ2v) is 6.78. The Morgan fingerprint density at radius 1 is 1.31 bits per heavy atom. The van der Waals surface area contributed by atoms with Crippen molar-refractivity contribution in [1.29, 1.82) is 0 Å². The maximum Gasteiger partial charge on any atom is 0.253 e. The summed E-state index contributed by atoms with van der Waals surface area (Å²) in [5, 5.41) is 10.6. The lowest BCUT2D eigenvalue weighted by molar-refractivity contribution is -0.118. The molecular weight excluding hydrogens is 334 g/mol. The highest BCUT2D eigenvalue weighted by Gasteiger charge is 2.38. The topological polar surface area (TPSA) is 91.4 Å². The number of fused-ring (bicyclic) bond motifs is 1. The van der Waals surface area contributed by atoms with Crippen molar-refractivity contribution in [3.63, 3.8) is 0 Å². The summed E-state index contributed by atoms with van der Waals surface area (Å²) in [5.41, 5.74) is 3.36. The van der Waals surface area contributed by atoms with Crippen molar-refractivity contribution >= 4 is 17.5 Å². The first kappa shape index (κ1) is 16.7. The fourth-order valence-electron chi connectivity index (χ4n) is 3.82. The average molecular weight is 355 g/mol. The van der Waals surface area contributed by atoms with E-state index in [0.717, 1.165) is 16.9 Å². The van der Waals surface area contributed by atoms with Gasteiger partial charge < -0.3 is 14.5 Å². The van der Waals surface area contributed by atoms with Crippen LogP contribution in [-0.2, 0) is 16.0 Å². The van der Waals surface area contributed by atoms with Crippen LogP contribution in [-0.4, -0.2) is 65.5 Å². The van der Waals surface area contributed by atoms with Crippen LogP contribution < -0.4 is 4.90 Å². The number of nitrogens with one attached hydrogen (secondary N) is 1. The van der Waals surface area contributed by atoms with Crippen LogP contribution in [0, 0.1) is 0 Å². The lowest BCUT2D eigenvalue weighted by Gasteiger charge is -2.26. The maximum atomic E-state index is 13.0. The van der Waals surface area contributed by atoms with Gasteiger partial charge in [-0.2, -0.15) is 15.4 Å². The largest absolute Gasteiger partial charge is 0.379 e. The number of likely N-dealkylation sites (tertiary alicyclic amines) is 1. The van der Waals surface area contributed by atoms with E-state index in [1.54, 1.807) is 36.2 Å². The quantitative estimate of drug-likeness (QED) is 0.886. The van der Waals surface area contributed by atoms with Gasteiger partial charge in [0.25, 0.3) is 5.91 Å². The van der Waals surface area contributed by atoms with Crippen LogP contribution in [0.4, 0.5) is 5.69 Å². The molecule has 1 aromatic carbocycles. The standard InChI is InChI=1S/C18H21N5O3/c1-22-15-5-3-12(7-11(15)4-6-17(22)24)18(25)23-9-13(16(10-23)26-2)14-8-19-21-20-14/h3,5,7-8,13,16H,4,6,9-10H2,1-2H3,(H,19,20,21)/t13-,16+/m0/s1. The fraction of sp³-hybridized carbons (Fsp3) is 0.444. The number of methoxy groups -OCH3 is 1. The van der Waals surface area contributed by atoms with Gasteiger partial charge in [0.2, 0.25) is 5.91 Å². The number of carbonyl (C=O) groups excluding carboxylic acids is 2. The van der Waals surface area contributed by atoms with Crippen LogP contribution in [0.3, 0.4) is 0 Å². The summed E-state index contributed by atoms with van der Waals surface area (Å²) in [6, 6.07) is 5.56. The van der Waals surface area contributed by atoms with Gasteiger partial charge in [0.1, 0.15) is 0 Å². The smallest absolute Gasteiger partial charge is 0.253 e. The predicted molar refractivity (Wildman–Crippen MR) is 94.0 cm³/mol. The molecule has 0 spiro atoms. The molecule has 8 nitrogen and oxygen atoms in total. The number of anilines is 1. The molecule has 0 aliphatic carbocycles. The fourth-order valence-corrected chi connectivity index (χ4v) is 3.82. The number of aromatic nitrogens is 3. The van der Waals surface area contributed by atoms with E-state index in [9.17, 15) is 9.59 Å². The molecule has 1 fully saturated rings. The Morgan fingerprint density at radius 2 is 2.15 bits per heavy atom. The van der Waals surface area contributed by atoms with Crippen LogP contribution in [0.5, 0.6) is 0 Å². The number of rotatable bonds is 3. The van der Waals surface area contributed by atoms with E-state index in [2.05, 4.69) is 15.4 Å². The van der Waals surface area contributed by atoms with Crippen LogP contribution in [0.25, 0.3) is 0 Å². The third-order valence-electron chi connectivity index (χ3n) is 5.34. The first-order chi connectivity index (χ1) is 12.6. The third-order valence-corrected chi connectivity index (χ3v) is 5.34. The summed E-state index contributed by atoms with van der Waals surface area (Å²) in [4.78, 5) is 28.3. The summed E-state index contributed by atoms with van der Waals surface area (Å²) in [6.45, 7) is 1.06. The molecule has 1 aromatic heterocycles.